The second-order valence-corrected chi connectivity index (χ2v) is 8.68. The van der Waals surface area contributed by atoms with Crippen molar-refractivity contribution in [1.82, 2.24) is 14.6 Å². The van der Waals surface area contributed by atoms with Gasteiger partial charge in [-0.05, 0) is 61.4 Å². The Hall–Kier alpha value is -3.64. The summed E-state index contributed by atoms with van der Waals surface area (Å²) in [7, 11) is 4.55. The van der Waals surface area contributed by atoms with Crippen molar-refractivity contribution in [2.24, 2.45) is 11.7 Å². The van der Waals surface area contributed by atoms with Crippen molar-refractivity contribution in [3.05, 3.63) is 47.4 Å². The minimum Gasteiger partial charge on any atom is -0.493 e. The molecule has 3 aromatic rings. The van der Waals surface area contributed by atoms with Crippen LogP contribution in [0.4, 0.5) is 5.69 Å². The molecule has 1 atom stereocenters. The summed E-state index contributed by atoms with van der Waals surface area (Å²) in [6.07, 6.45) is 4.67. The number of H-pyrrole nitrogens is 1. The number of benzene rings is 1. The molecule has 1 amide bonds. The van der Waals surface area contributed by atoms with E-state index in [0.717, 1.165) is 12.8 Å². The Morgan fingerprint density at radius 1 is 1.34 bits per heavy atom. The van der Waals surface area contributed by atoms with Gasteiger partial charge in [-0.1, -0.05) is 6.58 Å². The molecule has 4 rings (SSSR count). The highest BCUT2D eigenvalue weighted by Crippen LogP contribution is 2.54. The summed E-state index contributed by atoms with van der Waals surface area (Å²) in [5.74, 6) is 0.876. The lowest BCUT2D eigenvalue weighted by molar-refractivity contribution is -0.111. The van der Waals surface area contributed by atoms with E-state index in [4.69, 9.17) is 44.4 Å². The number of imidazole rings is 1. The van der Waals surface area contributed by atoms with E-state index in [9.17, 15) is 4.79 Å². The lowest BCUT2D eigenvalue weighted by Gasteiger charge is -2.35. The zero-order valence-electron chi connectivity index (χ0n) is 19.5. The average Bonchev–Trinajstić information content (AvgIpc) is 3.64. The number of ether oxygens (including phenoxy) is 3. The number of nitrogens with two attached hydrogens (primary N) is 1. The number of fused-ring (bicyclic) bond motifs is 1. The van der Waals surface area contributed by atoms with Crippen molar-refractivity contribution in [2.45, 2.75) is 18.9 Å². The average molecular weight is 515 g/mol. The van der Waals surface area contributed by atoms with E-state index in [1.807, 2.05) is 6.07 Å². The summed E-state index contributed by atoms with van der Waals surface area (Å²) in [6.45, 7) is 3.57. The van der Waals surface area contributed by atoms with Crippen LogP contribution in [0, 0.1) is 10.7 Å². The van der Waals surface area contributed by atoms with E-state index in [-0.39, 0.29) is 11.0 Å². The minimum atomic E-state index is -0.465. The predicted octanol–water partition coefficient (Wildman–Crippen LogP) is 3.58. The number of nitrogens with one attached hydrogen (secondary N) is 2. The summed E-state index contributed by atoms with van der Waals surface area (Å²) < 4.78 is 19.1. The Morgan fingerprint density at radius 2 is 2.06 bits per heavy atom. The number of methoxy groups -OCH3 is 3. The van der Waals surface area contributed by atoms with E-state index in [0.29, 0.717) is 44.4 Å². The van der Waals surface area contributed by atoms with Crippen molar-refractivity contribution in [3.8, 4) is 17.2 Å². The van der Waals surface area contributed by atoms with E-state index in [2.05, 4.69) is 21.9 Å². The van der Waals surface area contributed by atoms with Gasteiger partial charge in [0, 0.05) is 17.8 Å². The lowest BCUT2D eigenvalue weighted by atomic mass is 9.97. The van der Waals surface area contributed by atoms with Gasteiger partial charge >= 0.3 is 0 Å². The third-order valence-electron chi connectivity index (χ3n) is 5.81. The summed E-state index contributed by atoms with van der Waals surface area (Å²) in [4.78, 5) is 19.9. The van der Waals surface area contributed by atoms with Gasteiger partial charge in [-0.3, -0.25) is 4.79 Å². The number of carbonyl (C=O) groups is 1. The minimum absolute atomic E-state index is 0.0839. The molecule has 1 saturated carbocycles. The topological polar surface area (TPSA) is 120 Å². The Morgan fingerprint density at radius 3 is 2.63 bits per heavy atom. The molecule has 1 unspecified atom stereocenters. The third-order valence-corrected chi connectivity index (χ3v) is 6.28. The molecule has 10 nitrogen and oxygen atoms in total. The van der Waals surface area contributed by atoms with Gasteiger partial charge in [-0.2, -0.15) is 0 Å². The molecule has 1 aliphatic carbocycles. The van der Waals surface area contributed by atoms with E-state index in [1.165, 1.54) is 27.4 Å². The maximum atomic E-state index is 12.4. The SMILES string of the molecule is C=CC(=O)Nc1cc(OC)c(OC)c(OC)c1C(C1CC1)N(C(N)=S)n1c(=S)[nH]c2ncccc21. The van der Waals surface area contributed by atoms with Gasteiger partial charge in [0.25, 0.3) is 0 Å². The van der Waals surface area contributed by atoms with Crippen molar-refractivity contribution < 1.29 is 19.0 Å². The highest BCUT2D eigenvalue weighted by Gasteiger charge is 2.43. The molecule has 184 valence electrons. The number of nitrogens with zero attached hydrogens (tertiary/aromatic N) is 3. The molecule has 0 aliphatic heterocycles. The van der Waals surface area contributed by atoms with Crippen molar-refractivity contribution in [3.63, 3.8) is 0 Å². The van der Waals surface area contributed by atoms with E-state index < -0.39 is 11.9 Å². The fourth-order valence-corrected chi connectivity index (χ4v) is 4.71. The first-order valence-corrected chi connectivity index (χ1v) is 11.6. The maximum absolute atomic E-state index is 12.4. The normalized spacial score (nSPS) is 13.7. The molecule has 0 bridgehead atoms. The Bertz CT molecular complexity index is 1360. The zero-order chi connectivity index (χ0) is 25.3. The van der Waals surface area contributed by atoms with Gasteiger partial charge in [0.05, 0.1) is 33.1 Å². The zero-order valence-corrected chi connectivity index (χ0v) is 21.2. The summed E-state index contributed by atoms with van der Waals surface area (Å²) in [5, 5.41) is 4.70. The summed E-state index contributed by atoms with van der Waals surface area (Å²) in [6, 6.07) is 4.89. The third kappa shape index (κ3) is 4.42. The first kappa shape index (κ1) is 24.5. The monoisotopic (exact) mass is 514 g/mol. The smallest absolute Gasteiger partial charge is 0.247 e. The van der Waals surface area contributed by atoms with Crippen molar-refractivity contribution in [1.29, 1.82) is 0 Å². The van der Waals surface area contributed by atoms with E-state index >= 15 is 0 Å². The number of rotatable bonds is 9. The van der Waals surface area contributed by atoms with Gasteiger partial charge in [0.1, 0.15) is 5.52 Å². The molecule has 2 heterocycles. The molecular weight excluding hydrogens is 488 g/mol. The molecule has 1 aliphatic rings. The molecule has 0 radical (unpaired) electrons. The van der Waals surface area contributed by atoms with Crippen LogP contribution >= 0.6 is 24.4 Å². The van der Waals surface area contributed by atoms with Crippen LogP contribution in [0.3, 0.4) is 0 Å². The summed E-state index contributed by atoms with van der Waals surface area (Å²) in [5.41, 5.74) is 8.71. The fourth-order valence-electron chi connectivity index (χ4n) is 4.23. The van der Waals surface area contributed by atoms with Crippen LogP contribution in [0.1, 0.15) is 24.4 Å². The van der Waals surface area contributed by atoms with Crippen LogP contribution in [0.5, 0.6) is 17.2 Å². The molecule has 2 aromatic heterocycles. The van der Waals surface area contributed by atoms with Gasteiger partial charge in [-0.25, -0.2) is 14.7 Å². The van der Waals surface area contributed by atoms with Gasteiger partial charge in [0.15, 0.2) is 27.0 Å². The molecule has 12 heteroatoms. The number of amides is 1. The lowest BCUT2D eigenvalue weighted by Crippen LogP contribution is -2.47. The second-order valence-electron chi connectivity index (χ2n) is 7.88. The highest BCUT2D eigenvalue weighted by atomic mass is 32.1. The molecule has 0 spiro atoms. The van der Waals surface area contributed by atoms with Gasteiger partial charge in [0.2, 0.25) is 11.7 Å². The maximum Gasteiger partial charge on any atom is 0.247 e. The standard InChI is InChI=1S/C23H26N6O4S2/c1-5-16(30)26-13-11-15(31-2)19(32-3)20(33-4)17(13)18(12-8-9-12)29(22(24)34)28-14-7-6-10-25-21(14)27-23(28)35/h5-7,10-12,18H,1,8-9H2,2-4H3,(H2,24,34)(H,26,30)(H,25,27,35). The van der Waals surface area contributed by atoms with Gasteiger partial charge < -0.3 is 30.2 Å². The quantitative estimate of drug-likeness (QED) is 0.291. The fraction of sp³-hybridized carbons (Fsp3) is 0.304. The molecule has 1 aromatic carbocycles. The highest BCUT2D eigenvalue weighted by molar-refractivity contribution is 7.80. The Labute approximate surface area is 212 Å². The number of hydrogen-bond donors (Lipinski definition) is 3. The summed E-state index contributed by atoms with van der Waals surface area (Å²) >= 11 is 11.2. The van der Waals surface area contributed by atoms with Gasteiger partial charge in [-0.15, -0.1) is 0 Å². The van der Waals surface area contributed by atoms with Crippen LogP contribution in [-0.2, 0) is 4.79 Å². The Balaban J connectivity index is 2.04. The van der Waals surface area contributed by atoms with Crippen LogP contribution in [0.15, 0.2) is 37.1 Å². The largest absolute Gasteiger partial charge is 0.493 e. The van der Waals surface area contributed by atoms with Crippen LogP contribution < -0.4 is 30.3 Å². The first-order valence-electron chi connectivity index (χ1n) is 10.8. The molecule has 0 saturated heterocycles. The van der Waals surface area contributed by atoms with Crippen LogP contribution in [0.2, 0.25) is 0 Å². The van der Waals surface area contributed by atoms with Crippen LogP contribution in [0.25, 0.3) is 11.2 Å². The number of aromatic nitrogens is 3. The molecular formula is C23H26N6O4S2. The first-order chi connectivity index (χ1) is 16.9. The van der Waals surface area contributed by atoms with Crippen molar-refractivity contribution >= 4 is 52.3 Å². The van der Waals surface area contributed by atoms with E-state index in [1.54, 1.807) is 28.0 Å². The number of thiocarbonyl (C=S) groups is 1. The number of hydrogen-bond acceptors (Lipinski definition) is 7. The predicted molar refractivity (Wildman–Crippen MR) is 140 cm³/mol. The number of carbonyl (C=O) groups excluding carboxylic acids is 1. The number of pyridine rings is 1. The number of aromatic amines is 1. The molecule has 35 heavy (non-hydrogen) atoms. The van der Waals surface area contributed by atoms with Crippen LogP contribution in [-0.4, -0.2) is 47.0 Å². The Kier molecular flexibility index (Phi) is 6.94. The second kappa shape index (κ2) is 9.92. The molecule has 4 N–H and O–H groups in total. The number of anilines is 1. The van der Waals surface area contributed by atoms with Crippen molar-refractivity contribution in [2.75, 3.05) is 31.7 Å². The molecule has 1 fully saturated rings.